The highest BCUT2D eigenvalue weighted by atomic mass is 16.1. The van der Waals surface area contributed by atoms with Crippen molar-refractivity contribution < 1.29 is 4.79 Å². The molecule has 2 aliphatic carbocycles. The van der Waals surface area contributed by atoms with Crippen molar-refractivity contribution in [2.75, 3.05) is 6.54 Å². The van der Waals surface area contributed by atoms with Crippen LogP contribution in [0.1, 0.15) is 49.1 Å². The summed E-state index contributed by atoms with van der Waals surface area (Å²) in [7, 11) is 0. The molecule has 0 radical (unpaired) electrons. The molecule has 3 unspecified atom stereocenters. The number of hydrogen-bond donors (Lipinski definition) is 2. The van der Waals surface area contributed by atoms with E-state index in [9.17, 15) is 4.79 Å². The van der Waals surface area contributed by atoms with Gasteiger partial charge in [-0.3, -0.25) is 4.79 Å². The van der Waals surface area contributed by atoms with Gasteiger partial charge >= 0.3 is 0 Å². The third-order valence-electron chi connectivity index (χ3n) is 4.83. The fraction of sp³-hybridized carbons (Fsp3) is 0.588. The third-order valence-corrected chi connectivity index (χ3v) is 4.83. The quantitative estimate of drug-likeness (QED) is 0.887. The van der Waals surface area contributed by atoms with E-state index in [1.165, 1.54) is 11.1 Å². The van der Waals surface area contributed by atoms with E-state index in [1.807, 2.05) is 6.07 Å². The average Bonchev–Trinajstić information content (AvgIpc) is 2.90. The Kier molecular flexibility index (Phi) is 4.06. The molecule has 1 aromatic carbocycles. The van der Waals surface area contributed by atoms with E-state index >= 15 is 0 Å². The van der Waals surface area contributed by atoms with E-state index in [0.717, 1.165) is 45.1 Å². The Morgan fingerprint density at radius 1 is 1.25 bits per heavy atom. The van der Waals surface area contributed by atoms with Crippen LogP contribution in [0.4, 0.5) is 0 Å². The largest absolute Gasteiger partial charge is 0.355 e. The van der Waals surface area contributed by atoms with Crippen molar-refractivity contribution in [2.45, 2.75) is 50.5 Å². The molecule has 1 fully saturated rings. The molecule has 0 spiro atoms. The average molecular weight is 272 g/mol. The van der Waals surface area contributed by atoms with Crippen LogP contribution < -0.4 is 11.1 Å². The molecule has 2 aliphatic rings. The van der Waals surface area contributed by atoms with E-state index in [4.69, 9.17) is 5.73 Å². The zero-order valence-electron chi connectivity index (χ0n) is 12.0. The zero-order chi connectivity index (χ0) is 13.9. The predicted molar refractivity (Wildman–Crippen MR) is 80.4 cm³/mol. The van der Waals surface area contributed by atoms with E-state index in [1.54, 1.807) is 0 Å². The minimum atomic E-state index is 0.0510. The summed E-state index contributed by atoms with van der Waals surface area (Å²) in [5.74, 6) is 0.834. The maximum Gasteiger partial charge on any atom is 0.227 e. The smallest absolute Gasteiger partial charge is 0.227 e. The molecule has 3 atom stereocenters. The molecule has 20 heavy (non-hydrogen) atoms. The SMILES string of the molecule is NC1CCC(CNC(=O)C2CCCc3ccccc32)C1. The van der Waals surface area contributed by atoms with Gasteiger partial charge in [0, 0.05) is 12.6 Å². The Labute approximate surface area is 120 Å². The number of carbonyl (C=O) groups excluding carboxylic acids is 1. The monoisotopic (exact) mass is 272 g/mol. The first-order valence-electron chi connectivity index (χ1n) is 7.85. The predicted octanol–water partition coefficient (Wildman–Crippen LogP) is 2.35. The summed E-state index contributed by atoms with van der Waals surface area (Å²) in [5, 5.41) is 3.16. The highest BCUT2D eigenvalue weighted by Gasteiger charge is 2.27. The molecule has 0 bridgehead atoms. The van der Waals surface area contributed by atoms with Gasteiger partial charge in [-0.15, -0.1) is 0 Å². The van der Waals surface area contributed by atoms with E-state index in [0.29, 0.717) is 12.0 Å². The lowest BCUT2D eigenvalue weighted by atomic mass is 9.82. The maximum absolute atomic E-state index is 12.5. The number of nitrogens with one attached hydrogen (secondary N) is 1. The topological polar surface area (TPSA) is 55.1 Å². The highest BCUT2D eigenvalue weighted by molar-refractivity contribution is 5.84. The molecule has 0 aliphatic heterocycles. The van der Waals surface area contributed by atoms with Gasteiger partial charge in [-0.05, 0) is 55.6 Å². The molecule has 3 rings (SSSR count). The lowest BCUT2D eigenvalue weighted by molar-refractivity contribution is -0.123. The van der Waals surface area contributed by atoms with Gasteiger partial charge in [-0.1, -0.05) is 24.3 Å². The summed E-state index contributed by atoms with van der Waals surface area (Å²) in [6.45, 7) is 0.797. The van der Waals surface area contributed by atoms with Gasteiger partial charge < -0.3 is 11.1 Å². The molecule has 3 N–H and O–H groups in total. The number of fused-ring (bicyclic) bond motifs is 1. The molecule has 3 nitrogen and oxygen atoms in total. The van der Waals surface area contributed by atoms with E-state index in [-0.39, 0.29) is 11.8 Å². The van der Waals surface area contributed by atoms with Crippen molar-refractivity contribution in [3.63, 3.8) is 0 Å². The normalized spacial score (nSPS) is 28.9. The Morgan fingerprint density at radius 3 is 2.90 bits per heavy atom. The number of nitrogens with two attached hydrogens (primary N) is 1. The molecule has 1 aromatic rings. The standard InChI is InChI=1S/C17H24N2O/c18-14-9-8-12(10-14)11-19-17(20)16-7-3-5-13-4-1-2-6-15(13)16/h1-2,4,6,12,14,16H,3,5,7-11,18H2,(H,19,20). The van der Waals surface area contributed by atoms with Gasteiger partial charge in [-0.2, -0.15) is 0 Å². The molecule has 0 saturated heterocycles. The van der Waals surface area contributed by atoms with Crippen LogP contribution in [0.25, 0.3) is 0 Å². The van der Waals surface area contributed by atoms with Crippen LogP contribution in [-0.2, 0) is 11.2 Å². The molecular weight excluding hydrogens is 248 g/mol. The van der Waals surface area contributed by atoms with Gasteiger partial charge in [0.15, 0.2) is 0 Å². The molecule has 1 saturated carbocycles. The minimum absolute atomic E-state index is 0.0510. The fourth-order valence-electron chi connectivity index (χ4n) is 3.69. The summed E-state index contributed by atoms with van der Waals surface area (Å²) < 4.78 is 0. The van der Waals surface area contributed by atoms with Gasteiger partial charge in [0.05, 0.1) is 5.92 Å². The van der Waals surface area contributed by atoms with Crippen LogP contribution in [-0.4, -0.2) is 18.5 Å². The Balaban J connectivity index is 1.60. The van der Waals surface area contributed by atoms with Gasteiger partial charge in [0.2, 0.25) is 5.91 Å². The molecule has 108 valence electrons. The van der Waals surface area contributed by atoms with Crippen molar-refractivity contribution in [2.24, 2.45) is 11.7 Å². The summed E-state index contributed by atoms with van der Waals surface area (Å²) in [6.07, 6.45) is 6.52. The number of aryl methyl sites for hydroxylation is 1. The minimum Gasteiger partial charge on any atom is -0.355 e. The lowest BCUT2D eigenvalue weighted by Gasteiger charge is -2.25. The first-order chi connectivity index (χ1) is 9.74. The first-order valence-corrected chi connectivity index (χ1v) is 7.85. The number of amides is 1. The van der Waals surface area contributed by atoms with Gasteiger partial charge in [-0.25, -0.2) is 0 Å². The van der Waals surface area contributed by atoms with Crippen LogP contribution in [0.3, 0.4) is 0 Å². The van der Waals surface area contributed by atoms with Crippen molar-refractivity contribution in [3.05, 3.63) is 35.4 Å². The number of carbonyl (C=O) groups is 1. The Hall–Kier alpha value is -1.35. The fourth-order valence-corrected chi connectivity index (χ4v) is 3.69. The summed E-state index contributed by atoms with van der Waals surface area (Å²) >= 11 is 0. The van der Waals surface area contributed by atoms with Crippen LogP contribution in [0.2, 0.25) is 0 Å². The van der Waals surface area contributed by atoms with Gasteiger partial charge in [0.1, 0.15) is 0 Å². The van der Waals surface area contributed by atoms with Crippen molar-refractivity contribution >= 4 is 5.91 Å². The van der Waals surface area contributed by atoms with Crippen molar-refractivity contribution in [1.29, 1.82) is 0 Å². The second kappa shape index (κ2) is 5.96. The maximum atomic E-state index is 12.5. The number of hydrogen-bond acceptors (Lipinski definition) is 2. The zero-order valence-corrected chi connectivity index (χ0v) is 12.0. The first kappa shape index (κ1) is 13.6. The van der Waals surface area contributed by atoms with Crippen molar-refractivity contribution in [1.82, 2.24) is 5.32 Å². The summed E-state index contributed by atoms with van der Waals surface area (Å²) in [5.41, 5.74) is 8.51. The second-order valence-corrected chi connectivity index (χ2v) is 6.33. The molecule has 1 amide bonds. The Morgan fingerprint density at radius 2 is 2.10 bits per heavy atom. The van der Waals surface area contributed by atoms with Crippen molar-refractivity contribution in [3.8, 4) is 0 Å². The molecule has 0 aromatic heterocycles. The Bertz CT molecular complexity index is 486. The summed E-state index contributed by atoms with van der Waals surface area (Å²) in [4.78, 5) is 12.5. The number of rotatable bonds is 3. The van der Waals surface area contributed by atoms with E-state index in [2.05, 4.69) is 23.5 Å². The van der Waals surface area contributed by atoms with Crippen LogP contribution in [0.5, 0.6) is 0 Å². The molecule has 0 heterocycles. The molecular formula is C17H24N2O. The third kappa shape index (κ3) is 2.88. The van der Waals surface area contributed by atoms with E-state index < -0.39 is 0 Å². The van der Waals surface area contributed by atoms with Crippen LogP contribution >= 0.6 is 0 Å². The van der Waals surface area contributed by atoms with Crippen LogP contribution in [0.15, 0.2) is 24.3 Å². The lowest BCUT2D eigenvalue weighted by Crippen LogP contribution is -2.34. The second-order valence-electron chi connectivity index (χ2n) is 6.33. The van der Waals surface area contributed by atoms with Crippen LogP contribution in [0, 0.1) is 5.92 Å². The van der Waals surface area contributed by atoms with Gasteiger partial charge in [0.25, 0.3) is 0 Å². The number of benzene rings is 1. The molecule has 3 heteroatoms. The summed E-state index contributed by atoms with van der Waals surface area (Å²) in [6, 6.07) is 8.72. The highest BCUT2D eigenvalue weighted by Crippen LogP contribution is 2.31.